The standard InChI is InChI=1S/C19H21N2O4/c1-24-18(22)14-7-5-10-20-11-9-13-12-6-3-4-8-15(12)21(19(23)25-2)17(13)16(14)20/h3-4,6,8,14H,5,7,9-11H2,1-2H3/q+1. The SMILES string of the molecule is COC(=O)C1CCC[N+]2=C1c1c(c3ccccc3n1C(=O)OC)CC2. The third kappa shape index (κ3) is 2.27. The van der Waals surface area contributed by atoms with Gasteiger partial charge >= 0.3 is 12.1 Å². The Labute approximate surface area is 145 Å². The number of ether oxygens (including phenoxy) is 2. The molecule has 2 aliphatic heterocycles. The number of carbonyl (C=O) groups excluding carboxylic acids is 2. The maximum Gasteiger partial charge on any atom is 0.418 e. The summed E-state index contributed by atoms with van der Waals surface area (Å²) >= 11 is 0. The summed E-state index contributed by atoms with van der Waals surface area (Å²) in [6.07, 6.45) is 2.09. The zero-order valence-corrected chi connectivity index (χ0v) is 14.4. The molecule has 25 heavy (non-hydrogen) atoms. The summed E-state index contributed by atoms with van der Waals surface area (Å²) in [6, 6.07) is 7.83. The van der Waals surface area contributed by atoms with Crippen LogP contribution in [-0.2, 0) is 20.7 Å². The van der Waals surface area contributed by atoms with E-state index in [1.807, 2.05) is 24.3 Å². The molecule has 1 aromatic heterocycles. The molecule has 0 bridgehead atoms. The van der Waals surface area contributed by atoms with Crippen molar-refractivity contribution in [2.75, 3.05) is 27.3 Å². The largest absolute Gasteiger partial charge is 0.468 e. The van der Waals surface area contributed by atoms with Crippen molar-refractivity contribution >= 4 is 28.7 Å². The number of fused-ring (bicyclic) bond motifs is 4. The third-order valence-electron chi connectivity index (χ3n) is 5.29. The molecule has 1 atom stereocenters. The molecule has 1 aromatic carbocycles. The minimum absolute atomic E-state index is 0.241. The zero-order chi connectivity index (χ0) is 17.6. The molecular formula is C19H21N2O4+. The summed E-state index contributed by atoms with van der Waals surface area (Å²) < 4.78 is 13.9. The van der Waals surface area contributed by atoms with Crippen molar-refractivity contribution in [2.45, 2.75) is 19.3 Å². The summed E-state index contributed by atoms with van der Waals surface area (Å²) in [7, 11) is 2.80. The minimum atomic E-state index is -0.430. The van der Waals surface area contributed by atoms with Crippen LogP contribution in [0.5, 0.6) is 0 Å². The van der Waals surface area contributed by atoms with Gasteiger partial charge in [-0.05, 0) is 18.1 Å². The number of carbonyl (C=O) groups is 2. The van der Waals surface area contributed by atoms with Crippen LogP contribution in [0.15, 0.2) is 24.3 Å². The van der Waals surface area contributed by atoms with Crippen molar-refractivity contribution in [3.8, 4) is 0 Å². The van der Waals surface area contributed by atoms with Gasteiger partial charge in [-0.1, -0.05) is 18.2 Å². The quantitative estimate of drug-likeness (QED) is 0.589. The molecule has 0 N–H and O–H groups in total. The van der Waals surface area contributed by atoms with Gasteiger partial charge in [-0.25, -0.2) is 13.9 Å². The van der Waals surface area contributed by atoms with Crippen molar-refractivity contribution in [1.82, 2.24) is 4.57 Å². The first-order valence-corrected chi connectivity index (χ1v) is 8.58. The van der Waals surface area contributed by atoms with Crippen LogP contribution in [-0.4, -0.2) is 54.2 Å². The first-order valence-electron chi connectivity index (χ1n) is 8.58. The lowest BCUT2D eigenvalue weighted by Gasteiger charge is -2.26. The average Bonchev–Trinajstić information content (AvgIpc) is 3.01. The van der Waals surface area contributed by atoms with Gasteiger partial charge in [0.05, 0.1) is 19.7 Å². The first-order chi connectivity index (χ1) is 12.2. The molecule has 0 saturated carbocycles. The second kappa shape index (κ2) is 6.02. The highest BCUT2D eigenvalue weighted by Gasteiger charge is 2.44. The van der Waals surface area contributed by atoms with Crippen molar-refractivity contribution in [3.05, 3.63) is 35.5 Å². The predicted molar refractivity (Wildman–Crippen MR) is 92.3 cm³/mol. The molecule has 0 radical (unpaired) electrons. The second-order valence-electron chi connectivity index (χ2n) is 6.49. The number of rotatable bonds is 1. The smallest absolute Gasteiger partial charge is 0.418 e. The van der Waals surface area contributed by atoms with Crippen LogP contribution < -0.4 is 0 Å². The van der Waals surface area contributed by atoms with E-state index in [1.165, 1.54) is 14.2 Å². The zero-order valence-electron chi connectivity index (χ0n) is 14.4. The Bertz CT molecular complexity index is 910. The van der Waals surface area contributed by atoms with Crippen LogP contribution in [0.25, 0.3) is 10.9 Å². The lowest BCUT2D eigenvalue weighted by atomic mass is 9.87. The van der Waals surface area contributed by atoms with Gasteiger partial charge in [0.1, 0.15) is 24.7 Å². The van der Waals surface area contributed by atoms with Crippen LogP contribution in [0, 0.1) is 5.92 Å². The summed E-state index contributed by atoms with van der Waals surface area (Å²) in [5, 5.41) is 1.05. The number of methoxy groups -OCH3 is 2. The molecule has 0 fully saturated rings. The number of nitrogens with zero attached hydrogens (tertiary/aromatic N) is 2. The van der Waals surface area contributed by atoms with Crippen molar-refractivity contribution in [3.63, 3.8) is 0 Å². The first kappa shape index (κ1) is 15.9. The van der Waals surface area contributed by atoms with Gasteiger partial charge in [0.15, 0.2) is 0 Å². The Balaban J connectivity index is 2.04. The Kier molecular flexibility index (Phi) is 3.82. The van der Waals surface area contributed by atoms with Crippen molar-refractivity contribution in [1.29, 1.82) is 0 Å². The second-order valence-corrected chi connectivity index (χ2v) is 6.49. The predicted octanol–water partition coefficient (Wildman–Crippen LogP) is 2.20. The Morgan fingerprint density at radius 3 is 2.72 bits per heavy atom. The van der Waals surface area contributed by atoms with Crippen molar-refractivity contribution in [2.24, 2.45) is 5.92 Å². The molecule has 0 spiro atoms. The monoisotopic (exact) mass is 341 g/mol. The van der Waals surface area contributed by atoms with E-state index in [4.69, 9.17) is 9.47 Å². The number of esters is 1. The number of para-hydroxylation sites is 1. The van der Waals surface area contributed by atoms with E-state index in [1.54, 1.807) is 4.57 Å². The van der Waals surface area contributed by atoms with E-state index in [2.05, 4.69) is 4.58 Å². The molecule has 0 aliphatic carbocycles. The fourth-order valence-electron chi connectivity index (χ4n) is 4.24. The number of benzene rings is 1. The van der Waals surface area contributed by atoms with E-state index in [0.717, 1.165) is 60.2 Å². The molecule has 130 valence electrons. The van der Waals surface area contributed by atoms with E-state index in [9.17, 15) is 9.59 Å². The van der Waals surface area contributed by atoms with Gasteiger partial charge in [-0.2, -0.15) is 0 Å². The normalized spacial score (nSPS) is 19.4. The van der Waals surface area contributed by atoms with E-state index in [0.29, 0.717) is 0 Å². The average molecular weight is 341 g/mol. The maximum absolute atomic E-state index is 12.6. The third-order valence-corrected chi connectivity index (χ3v) is 5.29. The highest BCUT2D eigenvalue weighted by atomic mass is 16.5. The van der Waals surface area contributed by atoms with E-state index in [-0.39, 0.29) is 11.9 Å². The summed E-state index contributed by atoms with van der Waals surface area (Å²) in [6.45, 7) is 1.75. The molecule has 0 saturated heterocycles. The summed E-state index contributed by atoms with van der Waals surface area (Å²) in [5.41, 5.74) is 3.65. The number of aromatic nitrogens is 1. The molecule has 6 nitrogen and oxygen atoms in total. The Morgan fingerprint density at radius 1 is 1.16 bits per heavy atom. The van der Waals surface area contributed by atoms with Gasteiger partial charge in [-0.15, -0.1) is 0 Å². The number of hydrogen-bond donors (Lipinski definition) is 0. The molecule has 1 unspecified atom stereocenters. The van der Waals surface area contributed by atoms with Crippen LogP contribution >= 0.6 is 0 Å². The van der Waals surface area contributed by atoms with Gasteiger partial charge in [0.2, 0.25) is 5.71 Å². The molecule has 6 heteroatoms. The molecular weight excluding hydrogens is 320 g/mol. The fraction of sp³-hybridized carbons (Fsp3) is 0.421. The molecule has 2 aliphatic rings. The fourth-order valence-corrected chi connectivity index (χ4v) is 4.24. The van der Waals surface area contributed by atoms with Crippen LogP contribution in [0.3, 0.4) is 0 Å². The van der Waals surface area contributed by atoms with Gasteiger partial charge in [-0.3, -0.25) is 4.79 Å². The lowest BCUT2D eigenvalue weighted by Crippen LogP contribution is -2.43. The van der Waals surface area contributed by atoms with Gasteiger partial charge in [0, 0.05) is 18.2 Å². The van der Waals surface area contributed by atoms with Crippen LogP contribution in [0.2, 0.25) is 0 Å². The lowest BCUT2D eigenvalue weighted by molar-refractivity contribution is -0.535. The molecule has 2 aromatic rings. The topological polar surface area (TPSA) is 60.5 Å². The molecule has 3 heterocycles. The molecule has 0 amide bonds. The van der Waals surface area contributed by atoms with Crippen LogP contribution in [0.1, 0.15) is 24.1 Å². The Hall–Kier alpha value is -2.63. The summed E-state index contributed by atoms with van der Waals surface area (Å²) in [4.78, 5) is 25.0. The summed E-state index contributed by atoms with van der Waals surface area (Å²) in [5.74, 6) is -0.584. The Morgan fingerprint density at radius 2 is 1.96 bits per heavy atom. The highest BCUT2D eigenvalue weighted by Crippen LogP contribution is 2.34. The maximum atomic E-state index is 12.6. The highest BCUT2D eigenvalue weighted by molar-refractivity contribution is 6.14. The molecule has 4 rings (SSSR count). The minimum Gasteiger partial charge on any atom is -0.468 e. The van der Waals surface area contributed by atoms with Gasteiger partial charge in [0.25, 0.3) is 0 Å². The van der Waals surface area contributed by atoms with Crippen molar-refractivity contribution < 1.29 is 23.6 Å². The van der Waals surface area contributed by atoms with E-state index < -0.39 is 6.09 Å². The van der Waals surface area contributed by atoms with Crippen LogP contribution in [0.4, 0.5) is 4.79 Å². The van der Waals surface area contributed by atoms with E-state index >= 15 is 0 Å². The van der Waals surface area contributed by atoms with Gasteiger partial charge < -0.3 is 9.47 Å². The number of hydrogen-bond acceptors (Lipinski definition) is 4.